The van der Waals surface area contributed by atoms with E-state index in [0.717, 1.165) is 42.1 Å². The molecule has 2 atom stereocenters. The molecule has 0 radical (unpaired) electrons. The first kappa shape index (κ1) is 17.0. The molecule has 0 saturated heterocycles. The van der Waals surface area contributed by atoms with Crippen molar-refractivity contribution in [3.63, 3.8) is 0 Å². The Kier molecular flexibility index (Phi) is 5.23. The molecule has 1 N–H and O–H groups in total. The Morgan fingerprint density at radius 2 is 2.29 bits per heavy atom. The van der Waals surface area contributed by atoms with Gasteiger partial charge in [0, 0.05) is 36.2 Å². The molecule has 0 amide bonds. The van der Waals surface area contributed by atoms with E-state index < -0.39 is 4.92 Å². The van der Waals surface area contributed by atoms with Crippen LogP contribution in [0.5, 0.6) is 0 Å². The molecule has 1 saturated carbocycles. The number of aliphatic hydroxyl groups is 1. The van der Waals surface area contributed by atoms with Crippen LogP contribution in [-0.4, -0.2) is 39.6 Å². The molecule has 1 aromatic heterocycles. The van der Waals surface area contributed by atoms with Crippen LogP contribution in [0.2, 0.25) is 0 Å². The molecule has 0 unspecified atom stereocenters. The number of aliphatic hydroxyl groups excluding tert-OH is 1. The minimum atomic E-state index is -0.390. The number of non-ortho nitro benzene ring substituents is 1. The van der Waals surface area contributed by atoms with Crippen LogP contribution in [-0.2, 0) is 6.54 Å². The number of nitrogens with zero attached hydrogens (tertiary/aromatic N) is 3. The lowest BCUT2D eigenvalue weighted by Gasteiger charge is -2.22. The largest absolute Gasteiger partial charge is 0.393 e. The van der Waals surface area contributed by atoms with E-state index in [2.05, 4.69) is 9.88 Å². The number of hydrogen-bond donors (Lipinski definition) is 1. The molecule has 7 heteroatoms. The average molecular weight is 347 g/mol. The number of aromatic nitrogens is 1. The van der Waals surface area contributed by atoms with Gasteiger partial charge in [0.05, 0.1) is 16.7 Å². The molecule has 1 aliphatic rings. The average Bonchev–Trinajstić information content (AvgIpc) is 3.17. The van der Waals surface area contributed by atoms with Crippen molar-refractivity contribution in [2.24, 2.45) is 5.92 Å². The van der Waals surface area contributed by atoms with Gasteiger partial charge >= 0.3 is 0 Å². The standard InChI is InChI=1S/C17H21N3O3S/c1-19(9-13-5-3-7-16(13)21)10-14-11-24-17(18-14)12-4-2-6-15(8-12)20(22)23/h2,4,6,8,11,13,16,21H,3,5,7,9-10H2,1H3/t13-,16+/m1/s1. The third-order valence-corrected chi connectivity index (χ3v) is 5.39. The number of nitro benzene ring substituents is 1. The first-order valence-electron chi connectivity index (χ1n) is 8.09. The Morgan fingerprint density at radius 3 is 3.00 bits per heavy atom. The molecular weight excluding hydrogens is 326 g/mol. The second-order valence-corrected chi connectivity index (χ2v) is 7.26. The fourth-order valence-corrected chi connectivity index (χ4v) is 4.04. The van der Waals surface area contributed by atoms with Crippen molar-refractivity contribution in [2.75, 3.05) is 13.6 Å². The highest BCUT2D eigenvalue weighted by molar-refractivity contribution is 7.13. The second-order valence-electron chi connectivity index (χ2n) is 6.41. The molecule has 1 heterocycles. The van der Waals surface area contributed by atoms with Gasteiger partial charge in [0.15, 0.2) is 0 Å². The minimum absolute atomic E-state index is 0.0802. The molecule has 1 fully saturated rings. The molecule has 0 aliphatic heterocycles. The van der Waals surface area contributed by atoms with Crippen molar-refractivity contribution in [2.45, 2.75) is 31.9 Å². The van der Waals surface area contributed by atoms with Crippen LogP contribution in [0, 0.1) is 16.0 Å². The highest BCUT2D eigenvalue weighted by Crippen LogP contribution is 2.28. The van der Waals surface area contributed by atoms with Crippen LogP contribution in [0.3, 0.4) is 0 Å². The lowest BCUT2D eigenvalue weighted by atomic mass is 10.1. The summed E-state index contributed by atoms with van der Waals surface area (Å²) in [6.07, 6.45) is 2.92. The Balaban J connectivity index is 1.65. The van der Waals surface area contributed by atoms with E-state index in [-0.39, 0.29) is 11.8 Å². The molecule has 0 bridgehead atoms. The maximum atomic E-state index is 10.9. The fourth-order valence-electron chi connectivity index (χ4n) is 3.24. The molecule has 2 aromatic rings. The predicted octanol–water partition coefficient (Wildman–Crippen LogP) is 3.31. The van der Waals surface area contributed by atoms with Gasteiger partial charge in [-0.1, -0.05) is 18.6 Å². The highest BCUT2D eigenvalue weighted by Gasteiger charge is 2.26. The number of thiazole rings is 1. The molecule has 128 valence electrons. The van der Waals surface area contributed by atoms with E-state index >= 15 is 0 Å². The minimum Gasteiger partial charge on any atom is -0.393 e. The second kappa shape index (κ2) is 7.38. The summed E-state index contributed by atoms with van der Waals surface area (Å²) in [7, 11) is 2.04. The summed E-state index contributed by atoms with van der Waals surface area (Å²) in [5, 5.41) is 23.6. The van der Waals surface area contributed by atoms with E-state index in [9.17, 15) is 15.2 Å². The summed E-state index contributed by atoms with van der Waals surface area (Å²) < 4.78 is 0. The van der Waals surface area contributed by atoms with Crippen molar-refractivity contribution in [1.29, 1.82) is 0 Å². The highest BCUT2D eigenvalue weighted by atomic mass is 32.1. The van der Waals surface area contributed by atoms with Crippen LogP contribution in [0.4, 0.5) is 5.69 Å². The van der Waals surface area contributed by atoms with Crippen LogP contribution < -0.4 is 0 Å². The third kappa shape index (κ3) is 3.98. The maximum Gasteiger partial charge on any atom is 0.270 e. The zero-order chi connectivity index (χ0) is 17.1. The van der Waals surface area contributed by atoms with Gasteiger partial charge in [-0.25, -0.2) is 4.98 Å². The summed E-state index contributed by atoms with van der Waals surface area (Å²) in [5.41, 5.74) is 1.81. The lowest BCUT2D eigenvalue weighted by Crippen LogP contribution is -2.29. The Labute approximate surface area is 144 Å². The summed E-state index contributed by atoms with van der Waals surface area (Å²) in [5.74, 6) is 0.352. The Morgan fingerprint density at radius 1 is 1.46 bits per heavy atom. The van der Waals surface area contributed by atoms with Gasteiger partial charge in [-0.3, -0.25) is 10.1 Å². The van der Waals surface area contributed by atoms with Crippen molar-refractivity contribution >= 4 is 17.0 Å². The zero-order valence-corrected chi connectivity index (χ0v) is 14.4. The topological polar surface area (TPSA) is 79.5 Å². The monoisotopic (exact) mass is 347 g/mol. The van der Waals surface area contributed by atoms with E-state index in [1.54, 1.807) is 12.1 Å². The number of rotatable bonds is 6. The van der Waals surface area contributed by atoms with Gasteiger partial charge in [-0.2, -0.15) is 0 Å². The fraction of sp³-hybridized carbons (Fsp3) is 0.471. The number of hydrogen-bond acceptors (Lipinski definition) is 6. The Hall–Kier alpha value is -1.83. The summed E-state index contributed by atoms with van der Waals surface area (Å²) in [6.45, 7) is 1.58. The molecule has 0 spiro atoms. The first-order valence-corrected chi connectivity index (χ1v) is 8.96. The smallest absolute Gasteiger partial charge is 0.270 e. The van der Waals surface area contributed by atoms with Crippen LogP contribution in [0.25, 0.3) is 10.6 Å². The molecule has 24 heavy (non-hydrogen) atoms. The van der Waals surface area contributed by atoms with Gasteiger partial charge < -0.3 is 10.0 Å². The van der Waals surface area contributed by atoms with Crippen molar-refractivity contribution < 1.29 is 10.0 Å². The predicted molar refractivity (Wildman–Crippen MR) is 93.9 cm³/mol. The van der Waals surface area contributed by atoms with Crippen LogP contribution in [0.1, 0.15) is 25.0 Å². The lowest BCUT2D eigenvalue weighted by molar-refractivity contribution is -0.384. The van der Waals surface area contributed by atoms with Gasteiger partial charge in [-0.15, -0.1) is 11.3 Å². The SMILES string of the molecule is CN(Cc1csc(-c2cccc([N+](=O)[O-])c2)n1)C[C@H]1CCC[C@@H]1O. The van der Waals surface area contributed by atoms with Crippen LogP contribution >= 0.6 is 11.3 Å². The number of nitro groups is 1. The van der Waals surface area contributed by atoms with Crippen molar-refractivity contribution in [1.82, 2.24) is 9.88 Å². The van der Waals surface area contributed by atoms with E-state index in [1.165, 1.54) is 17.4 Å². The third-order valence-electron chi connectivity index (χ3n) is 4.45. The Bertz CT molecular complexity index is 719. The van der Waals surface area contributed by atoms with Gasteiger partial charge in [0.25, 0.3) is 5.69 Å². The normalized spacial score (nSPS) is 20.6. The molecular formula is C17H21N3O3S. The van der Waals surface area contributed by atoms with Gasteiger partial charge in [0.1, 0.15) is 5.01 Å². The number of benzene rings is 1. The van der Waals surface area contributed by atoms with Crippen molar-refractivity contribution in [3.8, 4) is 10.6 Å². The van der Waals surface area contributed by atoms with E-state index in [0.29, 0.717) is 12.5 Å². The zero-order valence-electron chi connectivity index (χ0n) is 13.6. The summed E-state index contributed by atoms with van der Waals surface area (Å²) >= 11 is 1.50. The molecule has 1 aliphatic carbocycles. The molecule has 3 rings (SSSR count). The molecule has 1 aromatic carbocycles. The quantitative estimate of drug-likeness (QED) is 0.640. The van der Waals surface area contributed by atoms with E-state index in [4.69, 9.17) is 0 Å². The van der Waals surface area contributed by atoms with Crippen molar-refractivity contribution in [3.05, 3.63) is 45.5 Å². The summed E-state index contributed by atoms with van der Waals surface area (Å²) in [6, 6.07) is 6.57. The maximum absolute atomic E-state index is 10.9. The van der Waals surface area contributed by atoms with Gasteiger partial charge in [0.2, 0.25) is 0 Å². The molecule has 6 nitrogen and oxygen atoms in total. The summed E-state index contributed by atoms with van der Waals surface area (Å²) in [4.78, 5) is 17.3. The van der Waals surface area contributed by atoms with Gasteiger partial charge in [-0.05, 0) is 25.8 Å². The first-order chi connectivity index (χ1) is 11.5. The van der Waals surface area contributed by atoms with Crippen LogP contribution in [0.15, 0.2) is 29.6 Å². The van der Waals surface area contributed by atoms with E-state index in [1.807, 2.05) is 18.5 Å².